The van der Waals surface area contributed by atoms with Crippen molar-refractivity contribution >= 4 is 17.9 Å². The van der Waals surface area contributed by atoms with E-state index < -0.39 is 37.0 Å². The number of carbonyl (C=O) groups excluding carboxylic acids is 1. The average molecular weight is 380 g/mol. The number of rotatable bonds is 5. The molecular formula is C14H20O9Ti-2. The summed E-state index contributed by atoms with van der Waals surface area (Å²) in [4.78, 5) is 29.5. The van der Waals surface area contributed by atoms with Crippen LogP contribution < -0.4 is 0 Å². The molecule has 0 atom stereocenters. The van der Waals surface area contributed by atoms with Crippen molar-refractivity contribution in [3.63, 3.8) is 0 Å². The Morgan fingerprint density at radius 3 is 1.38 bits per heavy atom. The van der Waals surface area contributed by atoms with Crippen molar-refractivity contribution in [1.82, 2.24) is 0 Å². The molecule has 0 aliphatic rings. The van der Waals surface area contributed by atoms with Crippen LogP contribution >= 0.6 is 0 Å². The van der Waals surface area contributed by atoms with E-state index in [4.69, 9.17) is 35.1 Å². The van der Waals surface area contributed by atoms with Crippen molar-refractivity contribution in [2.24, 2.45) is 0 Å². The summed E-state index contributed by atoms with van der Waals surface area (Å²) in [6.07, 6.45) is 0. The van der Waals surface area contributed by atoms with Crippen LogP contribution in [0.25, 0.3) is 0 Å². The topological polar surface area (TPSA) is 155 Å². The van der Waals surface area contributed by atoms with Crippen LogP contribution in [0.5, 0.6) is 0 Å². The van der Waals surface area contributed by atoms with E-state index >= 15 is 0 Å². The molecule has 0 saturated carbocycles. The molecule has 24 heavy (non-hydrogen) atoms. The first-order chi connectivity index (χ1) is 10.9. The molecule has 0 aromatic rings. The summed E-state index contributed by atoms with van der Waals surface area (Å²) < 4.78 is 21.5. The number of carbonyl (C=O) groups is 3. The second-order valence-corrected chi connectivity index (χ2v) is 3.96. The molecule has 0 rings (SSSR count). The van der Waals surface area contributed by atoms with Gasteiger partial charge < -0.3 is 29.6 Å². The summed E-state index contributed by atoms with van der Waals surface area (Å²) in [7, 11) is 0. The molecule has 10 heteroatoms. The molecule has 0 aliphatic carbocycles. The number of aliphatic carboxylic acids is 2. The zero-order chi connectivity index (χ0) is 20.3. The molecule has 0 amide bonds. The van der Waals surface area contributed by atoms with Gasteiger partial charge in [0, 0.05) is 5.57 Å². The maximum absolute atomic E-state index is 10.5. The summed E-state index contributed by atoms with van der Waals surface area (Å²) >= 11 is -2.00. The number of carboxylic acids is 2. The monoisotopic (exact) mass is 380 g/mol. The first kappa shape index (κ1) is 29.9. The molecule has 0 aromatic carbocycles. The van der Waals surface area contributed by atoms with Gasteiger partial charge in [0.15, 0.2) is 11.9 Å². The fraction of sp³-hybridized carbons (Fsp3) is 0.357. The van der Waals surface area contributed by atoms with E-state index in [1.165, 1.54) is 13.8 Å². The van der Waals surface area contributed by atoms with E-state index in [-0.39, 0.29) is 24.4 Å². The summed E-state index contributed by atoms with van der Waals surface area (Å²) in [6.45, 7) is 17.0. The van der Waals surface area contributed by atoms with Crippen LogP contribution in [-0.2, 0) is 44.9 Å². The third-order valence-electron chi connectivity index (χ3n) is 1.35. The van der Waals surface area contributed by atoms with Crippen molar-refractivity contribution in [1.29, 1.82) is 0 Å². The molecule has 0 aliphatic heterocycles. The number of hydrogen-bond acceptors (Lipinski definition) is 7. The van der Waals surface area contributed by atoms with Gasteiger partial charge in [0.05, 0.1) is 6.61 Å². The zero-order valence-electron chi connectivity index (χ0n) is 13.6. The van der Waals surface area contributed by atoms with Crippen LogP contribution in [0, 0.1) is 13.2 Å². The van der Waals surface area contributed by atoms with Gasteiger partial charge in [-0.2, -0.15) is 0 Å². The molecule has 0 saturated heterocycles. The van der Waals surface area contributed by atoms with Gasteiger partial charge in [-0.05, 0) is 6.92 Å². The van der Waals surface area contributed by atoms with Crippen molar-refractivity contribution in [2.75, 3.05) is 13.2 Å². The molecule has 0 bridgehead atoms. The Labute approximate surface area is 148 Å². The second kappa shape index (κ2) is 20.9. The number of hydrogen-bond donors (Lipinski definition) is 3. The third kappa shape index (κ3) is 36.8. The molecule has 9 nitrogen and oxygen atoms in total. The number of ether oxygens (including phenoxy) is 1. The van der Waals surface area contributed by atoms with Crippen molar-refractivity contribution in [3.05, 3.63) is 36.5 Å². The number of esters is 1. The fourth-order valence-electron chi connectivity index (χ4n) is 0.262. The van der Waals surface area contributed by atoms with Crippen LogP contribution in [-0.4, -0.2) is 46.4 Å². The van der Waals surface area contributed by atoms with E-state index in [0.717, 1.165) is 0 Å². The number of aliphatic hydroxyl groups is 1. The van der Waals surface area contributed by atoms with Crippen molar-refractivity contribution in [3.8, 4) is 0 Å². The van der Waals surface area contributed by atoms with Crippen molar-refractivity contribution < 1.29 is 60.2 Å². The van der Waals surface area contributed by atoms with Gasteiger partial charge in [-0.15, -0.1) is 11.1 Å². The standard InChI is InChI=1S/C6H10O3.2C4H5O2.2O.Ti/c1-5(2)6(8)9-4-3-7;2*1-3(2)4(5)6;;;/h7H,1,3-4H2,2H3;2*1H,2H3,(H,5,6);;;/q;2*-1;;;. The quantitative estimate of drug-likeness (QED) is 0.271. The van der Waals surface area contributed by atoms with Crippen LogP contribution in [0.15, 0.2) is 23.3 Å². The molecule has 0 radical (unpaired) electrons. The van der Waals surface area contributed by atoms with E-state index in [9.17, 15) is 14.4 Å². The molecule has 0 heterocycles. The molecule has 0 fully saturated rings. The summed E-state index contributed by atoms with van der Waals surface area (Å²) in [6, 6.07) is 0. The molecule has 0 spiro atoms. The van der Waals surface area contributed by atoms with Crippen LogP contribution in [0.3, 0.4) is 0 Å². The Hall–Kier alpha value is -2.10. The minimum atomic E-state index is -2.00. The Kier molecular flexibility index (Phi) is 26.0. The van der Waals surface area contributed by atoms with E-state index in [0.29, 0.717) is 5.57 Å². The average Bonchev–Trinajstić information content (AvgIpc) is 2.46. The Balaban J connectivity index is -0.000000118. The predicted molar refractivity (Wildman–Crippen MR) is 76.5 cm³/mol. The van der Waals surface area contributed by atoms with Gasteiger partial charge in [-0.3, -0.25) is 13.2 Å². The minimum absolute atomic E-state index is 0.0473. The second-order valence-electron chi connectivity index (χ2n) is 3.70. The maximum atomic E-state index is 10.5. The first-order valence-corrected chi connectivity index (χ1v) is 7.23. The first-order valence-electron chi connectivity index (χ1n) is 5.96. The fourth-order valence-corrected chi connectivity index (χ4v) is 0.262. The van der Waals surface area contributed by atoms with Crippen LogP contribution in [0.2, 0.25) is 0 Å². The van der Waals surface area contributed by atoms with Gasteiger partial charge in [0.25, 0.3) is 0 Å². The summed E-state index contributed by atoms with van der Waals surface area (Å²) in [5.41, 5.74) is 0.202. The zero-order valence-corrected chi connectivity index (χ0v) is 15.1. The van der Waals surface area contributed by atoms with Gasteiger partial charge in [-0.1, -0.05) is 20.4 Å². The van der Waals surface area contributed by atoms with Gasteiger partial charge in [-0.25, -0.2) is 4.79 Å². The van der Waals surface area contributed by atoms with E-state index in [1.54, 1.807) is 6.92 Å². The van der Waals surface area contributed by atoms with Gasteiger partial charge >= 0.3 is 31.7 Å². The normalized spacial score (nSPS) is 7.33. The number of aliphatic hydroxyl groups excluding tert-OH is 1. The molecular weight excluding hydrogens is 360 g/mol. The summed E-state index contributed by atoms with van der Waals surface area (Å²) in [5, 5.41) is 23.8. The summed E-state index contributed by atoms with van der Waals surface area (Å²) in [5.74, 6) is -2.55. The molecule has 3 N–H and O–H groups in total. The SMILES string of the molecule is C=C(C)C(=O)OCCO.[CH-]=C(C)C(=O)O.[CH-]=C(C)C(=O)O.[O]=[Ti]=[O]. The van der Waals surface area contributed by atoms with Gasteiger partial charge in [0.2, 0.25) is 0 Å². The number of carboxylic acid groups (broad SMARTS) is 2. The molecule has 136 valence electrons. The van der Waals surface area contributed by atoms with E-state index in [2.05, 4.69) is 11.3 Å². The predicted octanol–water partition coefficient (Wildman–Crippen LogP) is 0.758. The molecule has 0 aromatic heterocycles. The van der Waals surface area contributed by atoms with Crippen LogP contribution in [0.4, 0.5) is 0 Å². The van der Waals surface area contributed by atoms with Gasteiger partial charge in [0.1, 0.15) is 6.61 Å². The Morgan fingerprint density at radius 1 is 1.00 bits per heavy atom. The van der Waals surface area contributed by atoms with Crippen molar-refractivity contribution in [2.45, 2.75) is 20.8 Å². The molecule has 0 unspecified atom stereocenters. The Morgan fingerprint density at radius 2 is 1.25 bits per heavy atom. The Bertz CT molecular complexity index is 440. The third-order valence-corrected chi connectivity index (χ3v) is 1.35. The van der Waals surface area contributed by atoms with Crippen LogP contribution in [0.1, 0.15) is 20.8 Å². The van der Waals surface area contributed by atoms with E-state index in [1.807, 2.05) is 0 Å².